The number of carbonyl (C=O) groups is 1. The Kier molecular flexibility index (Phi) is 6.08. The molecule has 0 saturated carbocycles. The highest BCUT2D eigenvalue weighted by molar-refractivity contribution is 7.16. The number of thiazole rings is 1. The molecule has 1 heterocycles. The molecule has 142 valence electrons. The molecular weight excluding hydrogens is 360 g/mol. The van der Waals surface area contributed by atoms with Crippen molar-refractivity contribution < 1.29 is 14.3 Å². The third-order valence-corrected chi connectivity index (χ3v) is 5.46. The van der Waals surface area contributed by atoms with Gasteiger partial charge in [0.2, 0.25) is 0 Å². The molecule has 0 saturated heterocycles. The number of aryl methyl sites for hydroxylation is 3. The van der Waals surface area contributed by atoms with Gasteiger partial charge in [0, 0.05) is 13.7 Å². The highest BCUT2D eigenvalue weighted by atomic mass is 32.1. The Morgan fingerprint density at radius 3 is 2.52 bits per heavy atom. The summed E-state index contributed by atoms with van der Waals surface area (Å²) in [6.07, 6.45) is 0. The highest BCUT2D eigenvalue weighted by Gasteiger charge is 2.10. The highest BCUT2D eigenvalue weighted by Crippen LogP contribution is 2.22. The third-order valence-electron chi connectivity index (χ3n) is 4.42. The van der Waals surface area contributed by atoms with Crippen LogP contribution in [0.4, 0.5) is 0 Å². The van der Waals surface area contributed by atoms with Crippen LogP contribution in [0, 0.1) is 20.8 Å². The first kappa shape index (κ1) is 19.3. The predicted octanol–water partition coefficient (Wildman–Crippen LogP) is 3.78. The summed E-state index contributed by atoms with van der Waals surface area (Å²) in [7, 11) is 1.67. The molecule has 6 heteroatoms. The zero-order valence-corrected chi connectivity index (χ0v) is 16.9. The SMILES string of the molecule is COCCn1c(=NC(=O)COc2ccc(C)cc2)sc2cc(C)c(C)cc21. The minimum atomic E-state index is -0.304. The fourth-order valence-electron chi connectivity index (χ4n) is 2.72. The van der Waals surface area contributed by atoms with E-state index in [0.29, 0.717) is 23.7 Å². The van der Waals surface area contributed by atoms with Gasteiger partial charge < -0.3 is 14.0 Å². The maximum atomic E-state index is 12.4. The van der Waals surface area contributed by atoms with E-state index in [0.717, 1.165) is 15.8 Å². The molecule has 0 unspecified atom stereocenters. The monoisotopic (exact) mass is 384 g/mol. The van der Waals surface area contributed by atoms with Gasteiger partial charge in [-0.25, -0.2) is 0 Å². The van der Waals surface area contributed by atoms with Crippen molar-refractivity contribution in [3.05, 3.63) is 57.9 Å². The van der Waals surface area contributed by atoms with Crippen LogP contribution in [-0.2, 0) is 16.1 Å². The summed E-state index contributed by atoms with van der Waals surface area (Å²) in [5.41, 5.74) is 4.66. The summed E-state index contributed by atoms with van der Waals surface area (Å²) in [4.78, 5) is 17.3. The smallest absolute Gasteiger partial charge is 0.286 e. The molecule has 0 fully saturated rings. The number of ether oxygens (including phenoxy) is 2. The van der Waals surface area contributed by atoms with Crippen molar-refractivity contribution in [3.63, 3.8) is 0 Å². The number of nitrogens with zero attached hydrogens (tertiary/aromatic N) is 2. The van der Waals surface area contributed by atoms with E-state index in [1.54, 1.807) is 7.11 Å². The first-order valence-corrected chi connectivity index (χ1v) is 9.66. The van der Waals surface area contributed by atoms with Crippen molar-refractivity contribution in [2.45, 2.75) is 27.3 Å². The van der Waals surface area contributed by atoms with Crippen LogP contribution in [0.3, 0.4) is 0 Å². The number of hydrogen-bond donors (Lipinski definition) is 0. The normalized spacial score (nSPS) is 11.9. The second-order valence-electron chi connectivity index (χ2n) is 6.54. The standard InChI is InChI=1S/C21H24N2O3S/c1-14-5-7-17(8-6-14)26-13-20(24)22-21-23(9-10-25-4)18-11-15(2)16(3)12-19(18)27-21/h5-8,11-12H,9-10,13H2,1-4H3. The average Bonchev–Trinajstić information content (AvgIpc) is 2.96. The number of aromatic nitrogens is 1. The van der Waals surface area contributed by atoms with Crippen LogP contribution in [0.5, 0.6) is 5.75 Å². The summed E-state index contributed by atoms with van der Waals surface area (Å²) in [6.45, 7) is 7.30. The molecule has 3 rings (SSSR count). The van der Waals surface area contributed by atoms with E-state index in [1.807, 2.05) is 35.8 Å². The van der Waals surface area contributed by atoms with E-state index in [9.17, 15) is 4.79 Å². The van der Waals surface area contributed by atoms with Crippen molar-refractivity contribution in [2.24, 2.45) is 4.99 Å². The molecule has 0 aliphatic rings. The predicted molar refractivity (Wildman–Crippen MR) is 108 cm³/mol. The number of hydrogen-bond acceptors (Lipinski definition) is 4. The van der Waals surface area contributed by atoms with Crippen LogP contribution in [-0.4, -0.2) is 30.8 Å². The number of carbonyl (C=O) groups excluding carboxylic acids is 1. The van der Waals surface area contributed by atoms with Gasteiger partial charge in [0.25, 0.3) is 5.91 Å². The summed E-state index contributed by atoms with van der Waals surface area (Å²) in [6, 6.07) is 11.9. The van der Waals surface area contributed by atoms with Crippen LogP contribution >= 0.6 is 11.3 Å². The fourth-order valence-corrected chi connectivity index (χ4v) is 3.88. The van der Waals surface area contributed by atoms with E-state index >= 15 is 0 Å². The first-order chi connectivity index (χ1) is 13.0. The number of rotatable bonds is 6. The van der Waals surface area contributed by atoms with Gasteiger partial charge in [-0.1, -0.05) is 29.0 Å². The summed E-state index contributed by atoms with van der Waals surface area (Å²) in [5, 5.41) is 0. The minimum absolute atomic E-state index is 0.0837. The van der Waals surface area contributed by atoms with Gasteiger partial charge >= 0.3 is 0 Å². The molecule has 0 aliphatic heterocycles. The molecule has 0 bridgehead atoms. The second kappa shape index (κ2) is 8.50. The topological polar surface area (TPSA) is 52.8 Å². The van der Waals surface area contributed by atoms with Crippen molar-refractivity contribution in [3.8, 4) is 5.75 Å². The lowest BCUT2D eigenvalue weighted by Crippen LogP contribution is -2.21. The van der Waals surface area contributed by atoms with Crippen molar-refractivity contribution >= 4 is 27.5 Å². The molecule has 0 aliphatic carbocycles. The Morgan fingerprint density at radius 1 is 1.11 bits per heavy atom. The molecule has 5 nitrogen and oxygen atoms in total. The largest absolute Gasteiger partial charge is 0.484 e. The lowest BCUT2D eigenvalue weighted by atomic mass is 10.1. The Labute approximate surface area is 162 Å². The van der Waals surface area contributed by atoms with Crippen molar-refractivity contribution in [2.75, 3.05) is 20.3 Å². The van der Waals surface area contributed by atoms with E-state index < -0.39 is 0 Å². The molecule has 2 aromatic carbocycles. The van der Waals surface area contributed by atoms with Crippen LogP contribution in [0.2, 0.25) is 0 Å². The van der Waals surface area contributed by atoms with Gasteiger partial charge in [-0.15, -0.1) is 0 Å². The number of benzene rings is 2. The van der Waals surface area contributed by atoms with Gasteiger partial charge in [0.1, 0.15) is 5.75 Å². The molecule has 0 N–H and O–H groups in total. The summed E-state index contributed by atoms with van der Waals surface area (Å²) < 4.78 is 13.9. The lowest BCUT2D eigenvalue weighted by molar-refractivity contribution is -0.120. The molecule has 0 atom stereocenters. The Morgan fingerprint density at radius 2 is 1.81 bits per heavy atom. The van der Waals surface area contributed by atoms with Crippen molar-refractivity contribution in [1.29, 1.82) is 0 Å². The van der Waals surface area contributed by atoms with Gasteiger partial charge in [0.05, 0.1) is 16.8 Å². The van der Waals surface area contributed by atoms with Gasteiger partial charge in [-0.3, -0.25) is 4.79 Å². The zero-order valence-electron chi connectivity index (χ0n) is 16.1. The Bertz CT molecular complexity index is 1020. The van der Waals surface area contributed by atoms with E-state index in [-0.39, 0.29) is 12.5 Å². The Hall–Kier alpha value is -2.44. The zero-order chi connectivity index (χ0) is 19.4. The minimum Gasteiger partial charge on any atom is -0.484 e. The third kappa shape index (κ3) is 4.64. The average molecular weight is 385 g/mol. The molecule has 0 spiro atoms. The summed E-state index contributed by atoms with van der Waals surface area (Å²) in [5.74, 6) is 0.362. The molecule has 3 aromatic rings. The summed E-state index contributed by atoms with van der Waals surface area (Å²) >= 11 is 1.51. The number of methoxy groups -OCH3 is 1. The second-order valence-corrected chi connectivity index (χ2v) is 7.55. The van der Waals surface area contributed by atoms with Crippen LogP contribution < -0.4 is 9.54 Å². The first-order valence-electron chi connectivity index (χ1n) is 8.84. The molecular formula is C21H24N2O3S. The van der Waals surface area contributed by atoms with Gasteiger partial charge in [0.15, 0.2) is 11.4 Å². The Balaban J connectivity index is 1.88. The van der Waals surface area contributed by atoms with Crippen LogP contribution in [0.1, 0.15) is 16.7 Å². The molecule has 27 heavy (non-hydrogen) atoms. The lowest BCUT2D eigenvalue weighted by Gasteiger charge is -2.06. The van der Waals surface area contributed by atoms with Crippen molar-refractivity contribution in [1.82, 2.24) is 4.57 Å². The van der Waals surface area contributed by atoms with Crippen LogP contribution in [0.15, 0.2) is 41.4 Å². The maximum absolute atomic E-state index is 12.4. The molecule has 0 radical (unpaired) electrons. The van der Waals surface area contributed by atoms with E-state index in [4.69, 9.17) is 9.47 Å². The number of fused-ring (bicyclic) bond motifs is 1. The molecule has 1 aromatic heterocycles. The van der Waals surface area contributed by atoms with Gasteiger partial charge in [-0.2, -0.15) is 4.99 Å². The van der Waals surface area contributed by atoms with Gasteiger partial charge in [-0.05, 0) is 56.2 Å². The fraction of sp³-hybridized carbons (Fsp3) is 0.333. The maximum Gasteiger partial charge on any atom is 0.286 e. The van der Waals surface area contributed by atoms with E-state index in [2.05, 4.69) is 31.0 Å². The van der Waals surface area contributed by atoms with Crippen LogP contribution in [0.25, 0.3) is 10.2 Å². The molecule has 1 amide bonds. The quantitative estimate of drug-likeness (QED) is 0.650. The van der Waals surface area contributed by atoms with E-state index in [1.165, 1.54) is 22.5 Å². The number of amides is 1.